The molecular weight excluding hydrogens is 572 g/mol. The molecule has 0 aliphatic carbocycles. The van der Waals surface area contributed by atoms with Crippen LogP contribution in [0.2, 0.25) is 5.15 Å². The van der Waals surface area contributed by atoms with Gasteiger partial charge < -0.3 is 22.2 Å². The third-order valence-electron chi connectivity index (χ3n) is 6.63. The Hall–Kier alpha value is -3.43. The molecule has 4 aromatic rings. The minimum atomic E-state index is -4.35. The normalized spacial score (nSPS) is 14.4. The maximum atomic E-state index is 12.5. The van der Waals surface area contributed by atoms with Crippen LogP contribution in [-0.4, -0.2) is 41.1 Å². The van der Waals surface area contributed by atoms with Crippen molar-refractivity contribution >= 4 is 23.0 Å². The van der Waals surface area contributed by atoms with Gasteiger partial charge in [0.25, 0.3) is 0 Å². The van der Waals surface area contributed by atoms with Gasteiger partial charge in [-0.1, -0.05) is 17.7 Å². The number of aromatic nitrogens is 4. The highest BCUT2D eigenvalue weighted by Gasteiger charge is 2.32. The first-order valence-electron chi connectivity index (χ1n) is 13.3. The van der Waals surface area contributed by atoms with Crippen LogP contribution in [0.1, 0.15) is 36.8 Å². The SMILES string of the molecule is Cc1ccc(Cl)nc1.FC(F)(F)c1ccc(-[n+]2ccc(N3CCCC3)cc2)nc1.[Cl-].c1cc(N2CCCC2)ccn1. The smallest absolute Gasteiger partial charge is 0.420 e. The van der Waals surface area contributed by atoms with Gasteiger partial charge in [-0.3, -0.25) is 4.98 Å². The van der Waals surface area contributed by atoms with Crippen molar-refractivity contribution in [1.82, 2.24) is 15.0 Å². The average Bonchev–Trinajstić information content (AvgIpc) is 3.71. The number of anilines is 2. The summed E-state index contributed by atoms with van der Waals surface area (Å²) < 4.78 is 39.2. The molecule has 6 nitrogen and oxygen atoms in total. The molecule has 0 bridgehead atoms. The zero-order valence-electron chi connectivity index (χ0n) is 22.8. The van der Waals surface area contributed by atoms with Crippen molar-refractivity contribution in [3.63, 3.8) is 0 Å². The number of aryl methyl sites for hydroxylation is 1. The molecule has 41 heavy (non-hydrogen) atoms. The molecule has 11 heteroatoms. The van der Waals surface area contributed by atoms with Crippen LogP contribution in [0.15, 0.2) is 85.7 Å². The van der Waals surface area contributed by atoms with E-state index >= 15 is 0 Å². The van der Waals surface area contributed by atoms with E-state index < -0.39 is 11.7 Å². The first-order valence-corrected chi connectivity index (χ1v) is 13.7. The fourth-order valence-corrected chi connectivity index (χ4v) is 4.56. The van der Waals surface area contributed by atoms with Crippen LogP contribution in [0.5, 0.6) is 0 Å². The molecule has 0 unspecified atom stereocenters. The van der Waals surface area contributed by atoms with E-state index in [-0.39, 0.29) is 12.4 Å². The molecular formula is C30H33Cl2F3N6. The Bertz CT molecular complexity index is 1270. The summed E-state index contributed by atoms with van der Waals surface area (Å²) in [5.41, 5.74) is 2.85. The molecule has 2 saturated heterocycles. The molecule has 6 heterocycles. The van der Waals surface area contributed by atoms with Crippen molar-refractivity contribution in [3.05, 3.63) is 102 Å². The Balaban J connectivity index is 0.000000193. The van der Waals surface area contributed by atoms with Crippen molar-refractivity contribution in [3.8, 4) is 5.82 Å². The largest absolute Gasteiger partial charge is 1.00 e. The fraction of sp³-hybridized carbons (Fsp3) is 0.333. The number of halogens is 5. The summed E-state index contributed by atoms with van der Waals surface area (Å²) in [6.45, 7) is 6.52. The van der Waals surface area contributed by atoms with Gasteiger partial charge >= 0.3 is 12.0 Å². The topological polar surface area (TPSA) is 49.0 Å². The Morgan fingerprint density at radius 1 is 0.732 bits per heavy atom. The van der Waals surface area contributed by atoms with Gasteiger partial charge in [0.1, 0.15) is 5.15 Å². The van der Waals surface area contributed by atoms with Crippen molar-refractivity contribution in [2.24, 2.45) is 0 Å². The molecule has 0 radical (unpaired) electrons. The maximum Gasteiger partial charge on any atom is 0.420 e. The molecule has 0 atom stereocenters. The van der Waals surface area contributed by atoms with Crippen molar-refractivity contribution < 1.29 is 30.1 Å². The highest BCUT2D eigenvalue weighted by Crippen LogP contribution is 2.28. The van der Waals surface area contributed by atoms with Gasteiger partial charge in [0.05, 0.1) is 18.0 Å². The molecule has 2 fully saturated rings. The Labute approximate surface area is 250 Å². The summed E-state index contributed by atoms with van der Waals surface area (Å²) in [6, 6.07) is 14.2. The lowest BCUT2D eigenvalue weighted by Gasteiger charge is -2.16. The van der Waals surface area contributed by atoms with E-state index in [0.717, 1.165) is 36.6 Å². The van der Waals surface area contributed by atoms with Gasteiger partial charge in [-0.15, -0.1) is 0 Å². The highest BCUT2D eigenvalue weighted by atomic mass is 35.5. The molecule has 2 aliphatic heterocycles. The third-order valence-corrected chi connectivity index (χ3v) is 6.86. The predicted octanol–water partition coefficient (Wildman–Crippen LogP) is 3.71. The quantitative estimate of drug-likeness (QED) is 0.264. The molecule has 218 valence electrons. The number of rotatable bonds is 3. The monoisotopic (exact) mass is 604 g/mol. The minimum Gasteiger partial charge on any atom is -1.00 e. The average molecular weight is 606 g/mol. The van der Waals surface area contributed by atoms with Gasteiger partial charge in [0.2, 0.25) is 0 Å². The molecule has 0 spiro atoms. The third kappa shape index (κ3) is 9.86. The first kappa shape index (κ1) is 32.1. The fourth-order valence-electron chi connectivity index (χ4n) is 4.44. The van der Waals surface area contributed by atoms with Gasteiger partial charge in [0, 0.05) is 74.3 Å². The van der Waals surface area contributed by atoms with Crippen LogP contribution in [0.3, 0.4) is 0 Å². The van der Waals surface area contributed by atoms with Crippen LogP contribution in [0.25, 0.3) is 5.82 Å². The number of alkyl halides is 3. The predicted molar refractivity (Wildman–Crippen MR) is 152 cm³/mol. The van der Waals surface area contributed by atoms with Gasteiger partial charge in [-0.2, -0.15) is 13.2 Å². The summed E-state index contributed by atoms with van der Waals surface area (Å²) in [5, 5.41) is 0.551. The molecule has 0 aromatic carbocycles. The molecule has 0 N–H and O–H groups in total. The number of hydrogen-bond acceptors (Lipinski definition) is 5. The number of nitrogens with zero attached hydrogens (tertiary/aromatic N) is 6. The van der Waals surface area contributed by atoms with E-state index in [4.69, 9.17) is 11.6 Å². The lowest BCUT2D eigenvalue weighted by atomic mass is 10.3. The molecule has 2 aliphatic rings. The van der Waals surface area contributed by atoms with E-state index in [1.54, 1.807) is 16.8 Å². The summed E-state index contributed by atoms with van der Waals surface area (Å²) in [4.78, 5) is 16.4. The lowest BCUT2D eigenvalue weighted by molar-refractivity contribution is -0.599. The van der Waals surface area contributed by atoms with Crippen LogP contribution in [-0.2, 0) is 6.18 Å². The first-order chi connectivity index (χ1) is 19.3. The second-order valence-electron chi connectivity index (χ2n) is 9.62. The molecule has 6 rings (SSSR count). The Kier molecular flexibility index (Phi) is 12.2. The highest BCUT2D eigenvalue weighted by molar-refractivity contribution is 6.29. The summed E-state index contributed by atoms with van der Waals surface area (Å²) in [5.74, 6) is 0.468. The lowest BCUT2D eigenvalue weighted by Crippen LogP contribution is -3.00. The van der Waals surface area contributed by atoms with Gasteiger partial charge in [-0.25, -0.2) is 9.55 Å². The van der Waals surface area contributed by atoms with Crippen molar-refractivity contribution in [2.75, 3.05) is 36.0 Å². The van der Waals surface area contributed by atoms with Gasteiger partial charge in [-0.05, 0) is 67.4 Å². The van der Waals surface area contributed by atoms with Crippen LogP contribution < -0.4 is 26.8 Å². The van der Waals surface area contributed by atoms with E-state index in [2.05, 4.69) is 36.9 Å². The van der Waals surface area contributed by atoms with E-state index in [1.807, 2.05) is 49.9 Å². The van der Waals surface area contributed by atoms with Crippen molar-refractivity contribution in [2.45, 2.75) is 38.8 Å². The number of hydrogen-bond donors (Lipinski definition) is 0. The molecule has 4 aromatic heterocycles. The second-order valence-corrected chi connectivity index (χ2v) is 10.0. The van der Waals surface area contributed by atoms with Crippen LogP contribution in [0, 0.1) is 6.92 Å². The van der Waals surface area contributed by atoms with Crippen LogP contribution >= 0.6 is 11.6 Å². The van der Waals surface area contributed by atoms with E-state index in [1.165, 1.54) is 50.5 Å². The van der Waals surface area contributed by atoms with E-state index in [0.29, 0.717) is 11.0 Å². The zero-order chi connectivity index (χ0) is 28.4. The van der Waals surface area contributed by atoms with Gasteiger partial charge in [0.15, 0.2) is 6.20 Å². The summed E-state index contributed by atoms with van der Waals surface area (Å²) >= 11 is 5.50. The van der Waals surface area contributed by atoms with E-state index in [9.17, 15) is 13.2 Å². The molecule has 0 saturated carbocycles. The van der Waals surface area contributed by atoms with Crippen LogP contribution in [0.4, 0.5) is 24.5 Å². The summed E-state index contributed by atoms with van der Waals surface area (Å²) in [7, 11) is 0. The Morgan fingerprint density at radius 2 is 1.29 bits per heavy atom. The minimum absolute atomic E-state index is 0. The number of pyridine rings is 4. The second kappa shape index (κ2) is 15.5. The molecule has 0 amide bonds. The van der Waals surface area contributed by atoms with Crippen molar-refractivity contribution in [1.29, 1.82) is 0 Å². The Morgan fingerprint density at radius 3 is 1.73 bits per heavy atom. The summed E-state index contributed by atoms with van der Waals surface area (Å²) in [6.07, 6.45) is 10.7. The maximum absolute atomic E-state index is 12.5. The standard InChI is InChI=1S/C15H15F3N3.C9H12N2.C6H6ClN.ClH/c16-15(17,18)12-3-4-14(19-11-12)21-9-5-13(6-10-21)20-7-1-2-8-20;1-2-8-11(7-1)9-3-5-10-6-4-9;1-5-2-3-6(7)8-4-5;/h3-6,9-11H,1-2,7-8H2;3-6H,1-2,7-8H2;2-4H,1H3;1H/q+1;;;/p-1. The zero-order valence-corrected chi connectivity index (χ0v) is 24.3.